The summed E-state index contributed by atoms with van der Waals surface area (Å²) in [5.41, 5.74) is 1.80. The van der Waals surface area contributed by atoms with Gasteiger partial charge in [0.05, 0.1) is 12.0 Å². The van der Waals surface area contributed by atoms with Gasteiger partial charge in [-0.15, -0.1) is 0 Å². The van der Waals surface area contributed by atoms with Crippen LogP contribution in [-0.2, 0) is 14.9 Å². The number of ether oxygens (including phenoxy) is 1. The van der Waals surface area contributed by atoms with Gasteiger partial charge < -0.3 is 4.74 Å². The third kappa shape index (κ3) is 4.23. The molecule has 26 heavy (non-hydrogen) atoms. The highest BCUT2D eigenvalue weighted by Gasteiger charge is 2.43. The van der Waals surface area contributed by atoms with Gasteiger partial charge in [-0.2, -0.15) is 0 Å². The number of benzene rings is 2. The summed E-state index contributed by atoms with van der Waals surface area (Å²) in [6.07, 6.45) is 5.96. The van der Waals surface area contributed by atoms with Crippen LogP contribution in [0, 0.1) is 0 Å². The largest absolute Gasteiger partial charge is 0.465 e. The first-order chi connectivity index (χ1) is 12.7. The van der Waals surface area contributed by atoms with Crippen LogP contribution >= 0.6 is 0 Å². The minimum absolute atomic E-state index is 0.0781. The lowest BCUT2D eigenvalue weighted by Gasteiger charge is -2.40. The smallest absolute Gasteiger partial charge is 0.316 e. The van der Waals surface area contributed by atoms with Crippen molar-refractivity contribution in [2.24, 2.45) is 0 Å². The monoisotopic (exact) mass is 349 g/mol. The Hall–Kier alpha value is -2.39. The van der Waals surface area contributed by atoms with E-state index in [-0.39, 0.29) is 5.97 Å². The van der Waals surface area contributed by atoms with Crippen LogP contribution in [0.5, 0.6) is 0 Å². The lowest BCUT2D eigenvalue weighted by molar-refractivity contribution is -0.152. The summed E-state index contributed by atoms with van der Waals surface area (Å²) in [6, 6.07) is 20.5. The van der Waals surface area contributed by atoms with E-state index in [0.717, 1.165) is 38.0 Å². The first-order valence-corrected chi connectivity index (χ1v) is 9.41. The van der Waals surface area contributed by atoms with Crippen molar-refractivity contribution < 1.29 is 9.53 Å². The van der Waals surface area contributed by atoms with Crippen molar-refractivity contribution in [3.8, 4) is 0 Å². The maximum absolute atomic E-state index is 12.8. The molecule has 0 saturated carbocycles. The summed E-state index contributed by atoms with van der Waals surface area (Å²) >= 11 is 0. The van der Waals surface area contributed by atoms with E-state index in [1.165, 1.54) is 5.56 Å². The second-order valence-electron chi connectivity index (χ2n) is 6.78. The first-order valence-electron chi connectivity index (χ1n) is 9.41. The van der Waals surface area contributed by atoms with Crippen molar-refractivity contribution in [1.82, 2.24) is 4.90 Å². The summed E-state index contributed by atoms with van der Waals surface area (Å²) in [7, 11) is 0. The van der Waals surface area contributed by atoms with Crippen molar-refractivity contribution in [3.05, 3.63) is 77.9 Å². The highest BCUT2D eigenvalue weighted by molar-refractivity contribution is 5.83. The fourth-order valence-corrected chi connectivity index (χ4v) is 3.66. The third-order valence-corrected chi connectivity index (χ3v) is 5.18. The zero-order valence-corrected chi connectivity index (χ0v) is 15.4. The number of piperidine rings is 1. The third-order valence-electron chi connectivity index (χ3n) is 5.18. The van der Waals surface area contributed by atoms with Crippen molar-refractivity contribution in [3.63, 3.8) is 0 Å². The van der Waals surface area contributed by atoms with E-state index >= 15 is 0 Å². The topological polar surface area (TPSA) is 29.5 Å². The van der Waals surface area contributed by atoms with Crippen LogP contribution in [0.15, 0.2) is 66.7 Å². The molecule has 0 bridgehead atoms. The summed E-state index contributed by atoms with van der Waals surface area (Å²) in [5, 5.41) is 0. The summed E-state index contributed by atoms with van der Waals surface area (Å²) in [5.74, 6) is -0.0781. The Kier molecular flexibility index (Phi) is 6.24. The van der Waals surface area contributed by atoms with Crippen LogP contribution in [0.3, 0.4) is 0 Å². The van der Waals surface area contributed by atoms with Crippen LogP contribution in [0.4, 0.5) is 0 Å². The second-order valence-corrected chi connectivity index (χ2v) is 6.78. The molecule has 0 unspecified atom stereocenters. The Labute approximate surface area is 156 Å². The average molecular weight is 349 g/mol. The predicted molar refractivity (Wildman–Crippen MR) is 106 cm³/mol. The minimum atomic E-state index is -0.503. The Morgan fingerprint density at radius 2 is 1.65 bits per heavy atom. The van der Waals surface area contributed by atoms with Crippen molar-refractivity contribution in [1.29, 1.82) is 0 Å². The lowest BCUT2D eigenvalue weighted by atomic mass is 9.72. The van der Waals surface area contributed by atoms with E-state index in [0.29, 0.717) is 6.61 Å². The normalized spacial score (nSPS) is 17.3. The molecule has 0 radical (unpaired) electrons. The molecule has 1 heterocycles. The highest BCUT2D eigenvalue weighted by Crippen LogP contribution is 2.36. The number of carbonyl (C=O) groups is 1. The number of carbonyl (C=O) groups excluding carboxylic acids is 1. The van der Waals surface area contributed by atoms with Crippen LogP contribution in [0.2, 0.25) is 0 Å². The fourth-order valence-electron chi connectivity index (χ4n) is 3.66. The van der Waals surface area contributed by atoms with E-state index in [2.05, 4.69) is 41.3 Å². The molecular weight excluding hydrogens is 322 g/mol. The standard InChI is InChI=1S/C23H27NO2/c1-2-26-22(25)23(21-13-7-4-8-14-21)15-18-24(19-16-23)17-9-12-20-10-5-3-6-11-20/h3-14H,2,15-19H2,1H3/b12-9+. The van der Waals surface area contributed by atoms with Crippen molar-refractivity contribution >= 4 is 12.0 Å². The molecular formula is C23H27NO2. The molecule has 3 heteroatoms. The number of esters is 1. The molecule has 1 fully saturated rings. The van der Waals surface area contributed by atoms with Crippen LogP contribution in [0.25, 0.3) is 6.08 Å². The minimum Gasteiger partial charge on any atom is -0.465 e. The quantitative estimate of drug-likeness (QED) is 0.729. The Morgan fingerprint density at radius 3 is 2.27 bits per heavy atom. The predicted octanol–water partition coefficient (Wildman–Crippen LogP) is 4.30. The van der Waals surface area contributed by atoms with Crippen molar-refractivity contribution in [2.75, 3.05) is 26.2 Å². The summed E-state index contributed by atoms with van der Waals surface area (Å²) in [4.78, 5) is 15.2. The molecule has 0 N–H and O–H groups in total. The maximum atomic E-state index is 12.8. The van der Waals surface area contributed by atoms with Crippen molar-refractivity contribution in [2.45, 2.75) is 25.2 Å². The Morgan fingerprint density at radius 1 is 1.04 bits per heavy atom. The molecule has 0 spiro atoms. The van der Waals surface area contributed by atoms with Gasteiger partial charge in [0, 0.05) is 6.54 Å². The van der Waals surface area contributed by atoms with Gasteiger partial charge in [0.2, 0.25) is 0 Å². The number of hydrogen-bond acceptors (Lipinski definition) is 3. The molecule has 2 aromatic carbocycles. The molecule has 0 aromatic heterocycles. The van der Waals surface area contributed by atoms with E-state index in [1.807, 2.05) is 43.3 Å². The SMILES string of the molecule is CCOC(=O)C1(c2ccccc2)CCN(C/C=C/c2ccccc2)CC1. The Bertz CT molecular complexity index is 716. The van der Waals surface area contributed by atoms with Gasteiger partial charge in [0.1, 0.15) is 0 Å². The van der Waals surface area contributed by atoms with Gasteiger partial charge in [-0.05, 0) is 44.0 Å². The highest BCUT2D eigenvalue weighted by atomic mass is 16.5. The average Bonchev–Trinajstić information content (AvgIpc) is 2.70. The van der Waals surface area contributed by atoms with E-state index in [1.54, 1.807) is 0 Å². The molecule has 1 saturated heterocycles. The van der Waals surface area contributed by atoms with E-state index in [9.17, 15) is 4.79 Å². The molecule has 3 nitrogen and oxygen atoms in total. The van der Waals surface area contributed by atoms with Gasteiger partial charge >= 0.3 is 5.97 Å². The van der Waals surface area contributed by atoms with Gasteiger partial charge in [-0.1, -0.05) is 72.8 Å². The maximum Gasteiger partial charge on any atom is 0.316 e. The molecule has 136 valence electrons. The zero-order valence-electron chi connectivity index (χ0n) is 15.4. The Balaban J connectivity index is 1.65. The molecule has 0 atom stereocenters. The molecule has 2 aromatic rings. The molecule has 0 amide bonds. The second kappa shape index (κ2) is 8.81. The summed E-state index contributed by atoms with van der Waals surface area (Å²) in [6.45, 7) is 5.00. The fraction of sp³-hybridized carbons (Fsp3) is 0.348. The molecule has 3 rings (SSSR count). The zero-order chi connectivity index (χ0) is 18.2. The summed E-state index contributed by atoms with van der Waals surface area (Å²) < 4.78 is 5.44. The number of rotatable bonds is 6. The van der Waals surface area contributed by atoms with Gasteiger partial charge in [-0.25, -0.2) is 0 Å². The molecule has 1 aliphatic heterocycles. The van der Waals surface area contributed by atoms with Gasteiger partial charge in [0.25, 0.3) is 0 Å². The van der Waals surface area contributed by atoms with E-state index in [4.69, 9.17) is 4.74 Å². The van der Waals surface area contributed by atoms with Gasteiger partial charge in [0.15, 0.2) is 0 Å². The first kappa shape index (κ1) is 18.4. The van der Waals surface area contributed by atoms with Gasteiger partial charge in [-0.3, -0.25) is 9.69 Å². The van der Waals surface area contributed by atoms with Crippen LogP contribution in [-0.4, -0.2) is 37.1 Å². The van der Waals surface area contributed by atoms with Crippen LogP contribution < -0.4 is 0 Å². The van der Waals surface area contributed by atoms with Crippen LogP contribution in [0.1, 0.15) is 30.9 Å². The lowest BCUT2D eigenvalue weighted by Crippen LogP contribution is -2.48. The molecule has 0 aliphatic carbocycles. The number of nitrogens with zero attached hydrogens (tertiary/aromatic N) is 1. The number of hydrogen-bond donors (Lipinski definition) is 0. The number of likely N-dealkylation sites (tertiary alicyclic amines) is 1. The molecule has 1 aliphatic rings. The van der Waals surface area contributed by atoms with E-state index < -0.39 is 5.41 Å².